The van der Waals surface area contributed by atoms with Crippen molar-refractivity contribution in [1.82, 2.24) is 0 Å². The average Bonchev–Trinajstić information content (AvgIpc) is 2.04. The van der Waals surface area contributed by atoms with Gasteiger partial charge in [-0.15, -0.1) is 0 Å². The summed E-state index contributed by atoms with van der Waals surface area (Å²) in [5.41, 5.74) is 4.82. The summed E-state index contributed by atoms with van der Waals surface area (Å²) in [6.07, 6.45) is 6.14. The first-order valence-electron chi connectivity index (χ1n) is 5.05. The highest BCUT2D eigenvalue weighted by atomic mass is 14.2. The van der Waals surface area contributed by atoms with Crippen molar-refractivity contribution in [3.8, 4) is 0 Å². The van der Waals surface area contributed by atoms with Gasteiger partial charge in [0.1, 0.15) is 0 Å². The molecule has 0 N–H and O–H groups in total. The van der Waals surface area contributed by atoms with Crippen LogP contribution in [-0.2, 0) is 0 Å². The summed E-state index contributed by atoms with van der Waals surface area (Å²) in [5.74, 6) is 0.736. The minimum absolute atomic E-state index is 0.736. The Morgan fingerprint density at radius 3 is 2.58 bits per heavy atom. The van der Waals surface area contributed by atoms with E-state index in [-0.39, 0.29) is 0 Å². The van der Waals surface area contributed by atoms with Crippen LogP contribution in [0.5, 0.6) is 0 Å². The van der Waals surface area contributed by atoms with Crippen molar-refractivity contribution in [2.24, 2.45) is 5.92 Å². The Balaban J connectivity index is 2.90. The molecule has 1 aliphatic rings. The molecular weight excluding hydrogens is 144 g/mol. The molecule has 1 rings (SSSR count). The smallest absolute Gasteiger partial charge is 0.0254 e. The molecule has 0 bridgehead atoms. The molecule has 0 saturated heterocycles. The van der Waals surface area contributed by atoms with Crippen molar-refractivity contribution >= 4 is 0 Å². The Bertz CT molecular complexity index is 216. The van der Waals surface area contributed by atoms with Crippen LogP contribution in [0.15, 0.2) is 22.8 Å². The predicted molar refractivity (Wildman–Crippen MR) is 55.1 cm³/mol. The van der Waals surface area contributed by atoms with E-state index >= 15 is 0 Å². The lowest BCUT2D eigenvalue weighted by molar-refractivity contribution is 0.690. The van der Waals surface area contributed by atoms with Gasteiger partial charge >= 0.3 is 0 Å². The van der Waals surface area contributed by atoms with Gasteiger partial charge in [-0.1, -0.05) is 32.4 Å². The molecule has 1 aliphatic carbocycles. The zero-order chi connectivity index (χ0) is 9.14. The minimum atomic E-state index is 0.736. The lowest BCUT2D eigenvalue weighted by Gasteiger charge is -2.21. The van der Waals surface area contributed by atoms with Crippen LogP contribution in [0.2, 0.25) is 0 Å². The molecule has 0 spiro atoms. The highest BCUT2D eigenvalue weighted by Gasteiger charge is 2.12. The Hall–Kier alpha value is -0.520. The molecule has 0 radical (unpaired) electrons. The molecule has 0 saturated carbocycles. The molecule has 0 aromatic carbocycles. The maximum Gasteiger partial charge on any atom is -0.0254 e. The first kappa shape index (κ1) is 9.57. The van der Waals surface area contributed by atoms with Gasteiger partial charge < -0.3 is 0 Å². The fourth-order valence-corrected chi connectivity index (χ4v) is 2.08. The highest BCUT2D eigenvalue weighted by Crippen LogP contribution is 2.30. The van der Waals surface area contributed by atoms with Crippen molar-refractivity contribution in [2.45, 2.75) is 47.0 Å². The molecular formula is C12H20. The highest BCUT2D eigenvalue weighted by molar-refractivity contribution is 5.37. The van der Waals surface area contributed by atoms with Gasteiger partial charge in [0.25, 0.3) is 0 Å². The molecule has 0 amide bonds. The maximum atomic E-state index is 2.40. The van der Waals surface area contributed by atoms with Gasteiger partial charge in [0.05, 0.1) is 0 Å². The van der Waals surface area contributed by atoms with Crippen LogP contribution >= 0.6 is 0 Å². The molecule has 0 aliphatic heterocycles. The fraction of sp³-hybridized carbons (Fsp3) is 0.667. The molecule has 12 heavy (non-hydrogen) atoms. The fourth-order valence-electron chi connectivity index (χ4n) is 2.08. The standard InChI is InChI=1S/C12H20/c1-5-11-7-6-8-12(9(2)3)10(11)4/h7,9H,5-6,8H2,1-4H3. The van der Waals surface area contributed by atoms with E-state index in [0.29, 0.717) is 0 Å². The van der Waals surface area contributed by atoms with Crippen molar-refractivity contribution in [1.29, 1.82) is 0 Å². The van der Waals surface area contributed by atoms with Crippen LogP contribution < -0.4 is 0 Å². The lowest BCUT2D eigenvalue weighted by Crippen LogP contribution is -2.03. The first-order valence-corrected chi connectivity index (χ1v) is 5.05. The van der Waals surface area contributed by atoms with Crippen LogP contribution in [0.1, 0.15) is 47.0 Å². The number of hydrogen-bond acceptors (Lipinski definition) is 0. The molecule has 0 fully saturated rings. The molecule has 0 unspecified atom stereocenters. The van der Waals surface area contributed by atoms with E-state index in [1.165, 1.54) is 19.3 Å². The van der Waals surface area contributed by atoms with Gasteiger partial charge in [0.15, 0.2) is 0 Å². The van der Waals surface area contributed by atoms with Gasteiger partial charge in [0, 0.05) is 0 Å². The van der Waals surface area contributed by atoms with Crippen LogP contribution in [0.4, 0.5) is 0 Å². The van der Waals surface area contributed by atoms with Gasteiger partial charge in [-0.3, -0.25) is 0 Å². The summed E-state index contributed by atoms with van der Waals surface area (Å²) >= 11 is 0. The molecule has 0 nitrogen and oxygen atoms in total. The normalized spacial score (nSPS) is 18.6. The van der Waals surface area contributed by atoms with Crippen molar-refractivity contribution < 1.29 is 0 Å². The zero-order valence-corrected chi connectivity index (χ0v) is 8.78. The van der Waals surface area contributed by atoms with Gasteiger partial charge in [0.2, 0.25) is 0 Å². The Labute approximate surface area is 76.4 Å². The van der Waals surface area contributed by atoms with Crippen molar-refractivity contribution in [2.75, 3.05) is 0 Å². The number of allylic oxidation sites excluding steroid dienone is 4. The molecule has 0 atom stereocenters. The summed E-state index contributed by atoms with van der Waals surface area (Å²) in [6.45, 7) is 9.14. The van der Waals surface area contributed by atoms with Crippen LogP contribution in [0.3, 0.4) is 0 Å². The van der Waals surface area contributed by atoms with E-state index in [1.807, 2.05) is 0 Å². The average molecular weight is 164 g/mol. The summed E-state index contributed by atoms with van der Waals surface area (Å²) in [7, 11) is 0. The van der Waals surface area contributed by atoms with E-state index in [2.05, 4.69) is 33.8 Å². The SMILES string of the molecule is CCC1=CCCC(C(C)C)=C1C. The molecule has 0 aromatic heterocycles. The van der Waals surface area contributed by atoms with E-state index in [0.717, 1.165) is 5.92 Å². The second kappa shape index (κ2) is 3.93. The first-order chi connectivity index (χ1) is 5.66. The molecule has 0 heteroatoms. The summed E-state index contributed by atoms with van der Waals surface area (Å²) in [4.78, 5) is 0. The third kappa shape index (κ3) is 1.80. The largest absolute Gasteiger partial charge is 0.0807 e. The number of rotatable bonds is 2. The Morgan fingerprint density at radius 2 is 2.08 bits per heavy atom. The van der Waals surface area contributed by atoms with E-state index < -0.39 is 0 Å². The minimum Gasteiger partial charge on any atom is -0.0807 e. The van der Waals surface area contributed by atoms with E-state index in [1.54, 1.807) is 16.7 Å². The van der Waals surface area contributed by atoms with Crippen LogP contribution in [0.25, 0.3) is 0 Å². The van der Waals surface area contributed by atoms with Gasteiger partial charge in [-0.05, 0) is 43.3 Å². The van der Waals surface area contributed by atoms with Crippen molar-refractivity contribution in [3.63, 3.8) is 0 Å². The second-order valence-corrected chi connectivity index (χ2v) is 3.93. The molecule has 68 valence electrons. The topological polar surface area (TPSA) is 0 Å². The Morgan fingerprint density at radius 1 is 1.42 bits per heavy atom. The van der Waals surface area contributed by atoms with Crippen molar-refractivity contribution in [3.05, 3.63) is 22.8 Å². The second-order valence-electron chi connectivity index (χ2n) is 3.93. The third-order valence-electron chi connectivity index (χ3n) is 2.85. The predicted octanol–water partition coefficient (Wildman–Crippen LogP) is 4.09. The van der Waals surface area contributed by atoms with E-state index in [4.69, 9.17) is 0 Å². The molecule has 0 aromatic rings. The monoisotopic (exact) mass is 164 g/mol. The van der Waals surface area contributed by atoms with Gasteiger partial charge in [-0.25, -0.2) is 0 Å². The van der Waals surface area contributed by atoms with E-state index in [9.17, 15) is 0 Å². The van der Waals surface area contributed by atoms with Gasteiger partial charge in [-0.2, -0.15) is 0 Å². The zero-order valence-electron chi connectivity index (χ0n) is 8.78. The quantitative estimate of drug-likeness (QED) is 0.576. The Kier molecular flexibility index (Phi) is 3.13. The lowest BCUT2D eigenvalue weighted by atomic mass is 9.85. The third-order valence-corrected chi connectivity index (χ3v) is 2.85. The molecule has 0 heterocycles. The summed E-state index contributed by atoms with van der Waals surface area (Å²) in [5, 5.41) is 0. The van der Waals surface area contributed by atoms with Crippen LogP contribution in [0, 0.1) is 5.92 Å². The summed E-state index contributed by atoms with van der Waals surface area (Å²) in [6, 6.07) is 0. The van der Waals surface area contributed by atoms with Crippen LogP contribution in [-0.4, -0.2) is 0 Å². The number of hydrogen-bond donors (Lipinski definition) is 0. The maximum absolute atomic E-state index is 2.40. The summed E-state index contributed by atoms with van der Waals surface area (Å²) < 4.78 is 0.